The Balaban J connectivity index is 4.13. The zero-order valence-corrected chi connectivity index (χ0v) is 8.97. The first-order valence-electron chi connectivity index (χ1n) is 3.55. The number of hydrogen-bond donors (Lipinski definition) is 2. The van der Waals surface area contributed by atoms with Gasteiger partial charge in [-0.15, -0.1) is 0 Å². The molecule has 2 atom stereocenters. The molecule has 0 aliphatic carbocycles. The molecular formula is C7H16BrNO2. The van der Waals surface area contributed by atoms with E-state index in [2.05, 4.69) is 15.9 Å². The molecule has 0 spiro atoms. The predicted octanol–water partition coefficient (Wildman–Crippen LogP) is 1.39. The highest BCUT2D eigenvalue weighted by atomic mass is 79.9. The van der Waals surface area contributed by atoms with Crippen LogP contribution in [0.5, 0.6) is 0 Å². The van der Waals surface area contributed by atoms with Crippen molar-refractivity contribution in [1.82, 2.24) is 0 Å². The molecule has 68 valence electrons. The molecule has 0 aromatic rings. The first-order chi connectivity index (χ1) is 4.65. The average molecular weight is 226 g/mol. The number of halogens is 1. The van der Waals surface area contributed by atoms with E-state index < -0.39 is 10.4 Å². The second kappa shape index (κ2) is 3.39. The lowest BCUT2D eigenvalue weighted by atomic mass is 10.0. The van der Waals surface area contributed by atoms with Crippen molar-refractivity contribution in [3.8, 4) is 0 Å². The molecule has 0 saturated carbocycles. The number of aliphatic hydroxyl groups is 1. The third kappa shape index (κ3) is 4.74. The monoisotopic (exact) mass is 225 g/mol. The molecule has 0 rings (SSSR count). The summed E-state index contributed by atoms with van der Waals surface area (Å²) in [4.78, 5) is 0. The fourth-order valence-corrected chi connectivity index (χ4v) is 0.868. The maximum Gasteiger partial charge on any atom is 0.222 e. The van der Waals surface area contributed by atoms with Crippen molar-refractivity contribution in [3.63, 3.8) is 0 Å². The van der Waals surface area contributed by atoms with Gasteiger partial charge >= 0.3 is 0 Å². The van der Waals surface area contributed by atoms with Crippen molar-refractivity contribution in [2.24, 2.45) is 11.7 Å². The molecule has 0 fully saturated rings. The van der Waals surface area contributed by atoms with Gasteiger partial charge in [0.25, 0.3) is 0 Å². The molecule has 0 aliphatic heterocycles. The van der Waals surface area contributed by atoms with E-state index in [1.54, 1.807) is 6.92 Å². The summed E-state index contributed by atoms with van der Waals surface area (Å²) in [7, 11) is 0. The van der Waals surface area contributed by atoms with Gasteiger partial charge < -0.3 is 15.6 Å². The molecule has 2 unspecified atom stereocenters. The Morgan fingerprint density at radius 3 is 1.91 bits per heavy atom. The van der Waals surface area contributed by atoms with Crippen molar-refractivity contribution >= 4 is 15.9 Å². The summed E-state index contributed by atoms with van der Waals surface area (Å²) in [6.07, 6.45) is 0. The molecular weight excluding hydrogens is 210 g/mol. The fraction of sp³-hybridized carbons (Fsp3) is 1.00. The standard InChI is InChI=1S/C7H16BrNO2/c1-5(2)6(3,9)11-7(4,8)10/h5,10H,9H2,1-4H3. The number of ether oxygens (including phenoxy) is 1. The van der Waals surface area contributed by atoms with E-state index in [-0.39, 0.29) is 5.92 Å². The molecule has 4 heteroatoms. The van der Waals surface area contributed by atoms with E-state index >= 15 is 0 Å². The van der Waals surface area contributed by atoms with Crippen LogP contribution in [0.1, 0.15) is 27.7 Å². The quantitative estimate of drug-likeness (QED) is 0.564. The lowest BCUT2D eigenvalue weighted by Gasteiger charge is -2.34. The van der Waals surface area contributed by atoms with E-state index in [9.17, 15) is 5.11 Å². The maximum atomic E-state index is 9.22. The molecule has 0 heterocycles. The van der Waals surface area contributed by atoms with Gasteiger partial charge in [0.15, 0.2) is 0 Å². The molecule has 0 saturated heterocycles. The van der Waals surface area contributed by atoms with Gasteiger partial charge in [0.05, 0.1) is 0 Å². The highest BCUT2D eigenvalue weighted by Gasteiger charge is 2.31. The third-order valence-electron chi connectivity index (χ3n) is 1.55. The van der Waals surface area contributed by atoms with Gasteiger partial charge in [0.1, 0.15) is 5.72 Å². The summed E-state index contributed by atoms with van der Waals surface area (Å²) in [5.41, 5.74) is 4.92. The second-order valence-electron chi connectivity index (χ2n) is 3.31. The molecule has 0 amide bonds. The van der Waals surface area contributed by atoms with Gasteiger partial charge in [-0.05, 0) is 28.8 Å². The van der Waals surface area contributed by atoms with Crippen LogP contribution < -0.4 is 5.73 Å². The maximum absolute atomic E-state index is 9.22. The largest absolute Gasteiger partial charge is 0.357 e. The molecule has 0 aromatic carbocycles. The van der Waals surface area contributed by atoms with Crippen LogP contribution in [0.3, 0.4) is 0 Å². The van der Waals surface area contributed by atoms with Crippen molar-refractivity contribution < 1.29 is 9.84 Å². The van der Waals surface area contributed by atoms with E-state index in [0.717, 1.165) is 0 Å². The van der Waals surface area contributed by atoms with Crippen LogP contribution in [0, 0.1) is 5.92 Å². The summed E-state index contributed by atoms with van der Waals surface area (Å²) >= 11 is 2.94. The van der Waals surface area contributed by atoms with Crippen LogP contribution in [-0.2, 0) is 4.74 Å². The van der Waals surface area contributed by atoms with E-state index in [4.69, 9.17) is 10.5 Å². The lowest BCUT2D eigenvalue weighted by Crippen LogP contribution is -2.49. The van der Waals surface area contributed by atoms with Crippen molar-refractivity contribution in [1.29, 1.82) is 0 Å². The highest BCUT2D eigenvalue weighted by molar-refractivity contribution is 9.09. The molecule has 0 bridgehead atoms. The molecule has 0 radical (unpaired) electrons. The minimum absolute atomic E-state index is 0.145. The minimum atomic E-state index is -1.35. The minimum Gasteiger partial charge on any atom is -0.357 e. The predicted molar refractivity (Wildman–Crippen MR) is 48.1 cm³/mol. The summed E-state index contributed by atoms with van der Waals surface area (Å²) in [6, 6.07) is 0. The molecule has 0 aromatic heterocycles. The highest BCUT2D eigenvalue weighted by Crippen LogP contribution is 2.25. The fourth-order valence-electron chi connectivity index (χ4n) is 0.519. The molecule has 3 N–H and O–H groups in total. The third-order valence-corrected chi connectivity index (χ3v) is 1.71. The summed E-state index contributed by atoms with van der Waals surface area (Å²) in [6.45, 7) is 7.07. The number of alkyl halides is 1. The van der Waals surface area contributed by atoms with Gasteiger partial charge in [-0.2, -0.15) is 0 Å². The van der Waals surface area contributed by atoms with Crippen LogP contribution in [0.2, 0.25) is 0 Å². The Kier molecular flexibility index (Phi) is 3.50. The van der Waals surface area contributed by atoms with Crippen LogP contribution in [0.15, 0.2) is 0 Å². The van der Waals surface area contributed by atoms with Crippen molar-refractivity contribution in [3.05, 3.63) is 0 Å². The van der Waals surface area contributed by atoms with E-state index in [1.807, 2.05) is 13.8 Å². The van der Waals surface area contributed by atoms with E-state index in [1.165, 1.54) is 6.92 Å². The Morgan fingerprint density at radius 2 is 1.82 bits per heavy atom. The molecule has 11 heavy (non-hydrogen) atoms. The van der Waals surface area contributed by atoms with Crippen LogP contribution in [0.4, 0.5) is 0 Å². The van der Waals surface area contributed by atoms with Gasteiger partial charge in [0.2, 0.25) is 4.70 Å². The number of nitrogens with two attached hydrogens (primary N) is 1. The van der Waals surface area contributed by atoms with Gasteiger partial charge in [-0.1, -0.05) is 13.8 Å². The topological polar surface area (TPSA) is 55.5 Å². The van der Waals surface area contributed by atoms with Gasteiger partial charge in [-0.3, -0.25) is 0 Å². The zero-order chi connectivity index (χ0) is 9.28. The van der Waals surface area contributed by atoms with Crippen molar-refractivity contribution in [2.45, 2.75) is 38.1 Å². The smallest absolute Gasteiger partial charge is 0.222 e. The summed E-state index contributed by atoms with van der Waals surface area (Å²) in [5.74, 6) is 0.145. The molecule has 0 aliphatic rings. The summed E-state index contributed by atoms with van der Waals surface area (Å²) < 4.78 is 3.79. The Bertz CT molecular complexity index is 129. The van der Waals surface area contributed by atoms with Crippen LogP contribution in [0.25, 0.3) is 0 Å². The Morgan fingerprint density at radius 1 is 1.45 bits per heavy atom. The first kappa shape index (κ1) is 11.4. The Labute approximate surface area is 76.0 Å². The lowest BCUT2D eigenvalue weighted by molar-refractivity contribution is -0.201. The van der Waals surface area contributed by atoms with Crippen molar-refractivity contribution in [2.75, 3.05) is 0 Å². The number of rotatable bonds is 3. The van der Waals surface area contributed by atoms with Crippen LogP contribution >= 0.6 is 15.9 Å². The number of hydrogen-bond acceptors (Lipinski definition) is 3. The first-order valence-corrected chi connectivity index (χ1v) is 4.35. The summed E-state index contributed by atoms with van der Waals surface area (Å²) in [5, 5.41) is 9.22. The van der Waals surface area contributed by atoms with Gasteiger partial charge in [-0.25, -0.2) is 0 Å². The van der Waals surface area contributed by atoms with E-state index in [0.29, 0.717) is 0 Å². The van der Waals surface area contributed by atoms with Crippen LogP contribution in [-0.4, -0.2) is 15.5 Å². The zero-order valence-electron chi connectivity index (χ0n) is 7.39. The van der Waals surface area contributed by atoms with Gasteiger partial charge in [0, 0.05) is 6.92 Å². The average Bonchev–Trinajstić information content (AvgIpc) is 1.56. The SMILES string of the molecule is CC(C)C(C)(N)OC(C)(O)Br. The molecule has 3 nitrogen and oxygen atoms in total. The Hall–Kier alpha value is 0.360. The second-order valence-corrected chi connectivity index (χ2v) is 4.78. The normalized spacial score (nSPS) is 22.9.